The molecule has 3 rings (SSSR count). The van der Waals surface area contributed by atoms with Gasteiger partial charge in [-0.3, -0.25) is 0 Å². The van der Waals surface area contributed by atoms with Crippen molar-refractivity contribution in [2.75, 3.05) is 5.73 Å². The van der Waals surface area contributed by atoms with Gasteiger partial charge < -0.3 is 15.3 Å². The van der Waals surface area contributed by atoms with Gasteiger partial charge in [0.15, 0.2) is 5.76 Å². The van der Waals surface area contributed by atoms with Gasteiger partial charge in [-0.15, -0.1) is 0 Å². The van der Waals surface area contributed by atoms with Gasteiger partial charge in [-0.1, -0.05) is 42.5 Å². The number of fused-ring (bicyclic) bond motifs is 1. The first-order valence-corrected chi connectivity index (χ1v) is 5.64. The Morgan fingerprint density at radius 1 is 1.11 bits per heavy atom. The van der Waals surface area contributed by atoms with Gasteiger partial charge in [0.05, 0.1) is 6.61 Å². The van der Waals surface area contributed by atoms with Crippen molar-refractivity contribution >= 4 is 16.8 Å². The molecule has 0 aliphatic rings. The summed E-state index contributed by atoms with van der Waals surface area (Å²) in [5.41, 5.74) is 6.90. The second kappa shape index (κ2) is 4.16. The summed E-state index contributed by atoms with van der Waals surface area (Å²) in [7, 11) is 0. The molecule has 0 fully saturated rings. The molecule has 0 amide bonds. The fourth-order valence-electron chi connectivity index (χ4n) is 2.11. The Morgan fingerprint density at radius 2 is 1.89 bits per heavy atom. The number of aliphatic hydroxyl groups is 1. The van der Waals surface area contributed by atoms with Gasteiger partial charge in [-0.05, 0) is 10.8 Å². The number of nitrogens with two attached hydrogens (primary N) is 1. The van der Waals surface area contributed by atoms with Crippen LogP contribution in [0.3, 0.4) is 0 Å². The molecule has 3 aromatic rings. The summed E-state index contributed by atoms with van der Waals surface area (Å²) in [6, 6.07) is 13.9. The maximum absolute atomic E-state index is 9.29. The zero-order chi connectivity index (χ0) is 12.5. The number of hydrogen-bond acceptors (Lipinski definition) is 4. The van der Waals surface area contributed by atoms with Crippen LogP contribution in [0.4, 0.5) is 6.01 Å². The Hall–Kier alpha value is -2.33. The maximum atomic E-state index is 9.29. The van der Waals surface area contributed by atoms with Crippen molar-refractivity contribution in [1.82, 2.24) is 4.98 Å². The van der Waals surface area contributed by atoms with Crippen molar-refractivity contribution in [3.8, 4) is 11.3 Å². The molecule has 0 saturated carbocycles. The van der Waals surface area contributed by atoms with E-state index in [4.69, 9.17) is 10.2 Å². The first kappa shape index (κ1) is 10.8. The summed E-state index contributed by atoms with van der Waals surface area (Å²) in [6.45, 7) is -0.195. The third-order valence-corrected chi connectivity index (χ3v) is 2.90. The lowest BCUT2D eigenvalue weighted by atomic mass is 10.0. The molecule has 90 valence electrons. The number of nitrogens with zero attached hydrogens (tertiary/aromatic N) is 1. The van der Waals surface area contributed by atoms with E-state index in [0.717, 1.165) is 16.3 Å². The van der Waals surface area contributed by atoms with E-state index in [9.17, 15) is 5.11 Å². The summed E-state index contributed by atoms with van der Waals surface area (Å²) < 4.78 is 5.41. The fourth-order valence-corrected chi connectivity index (χ4v) is 2.11. The smallest absolute Gasteiger partial charge is 0.292 e. The van der Waals surface area contributed by atoms with Crippen molar-refractivity contribution in [3.63, 3.8) is 0 Å². The van der Waals surface area contributed by atoms with E-state index >= 15 is 0 Å². The van der Waals surface area contributed by atoms with Gasteiger partial charge in [0.25, 0.3) is 6.01 Å². The minimum Gasteiger partial charge on any atom is -0.423 e. The summed E-state index contributed by atoms with van der Waals surface area (Å²) in [4.78, 5) is 3.97. The van der Waals surface area contributed by atoms with Gasteiger partial charge >= 0.3 is 0 Å². The summed E-state index contributed by atoms with van der Waals surface area (Å²) >= 11 is 0. The molecule has 0 radical (unpaired) electrons. The minimum absolute atomic E-state index is 0.0713. The van der Waals surface area contributed by atoms with Crippen molar-refractivity contribution in [1.29, 1.82) is 0 Å². The maximum Gasteiger partial charge on any atom is 0.292 e. The predicted octanol–water partition coefficient (Wildman–Crippen LogP) is 2.57. The number of aromatic nitrogens is 1. The number of rotatable bonds is 2. The zero-order valence-electron chi connectivity index (χ0n) is 9.63. The van der Waals surface area contributed by atoms with E-state index in [0.29, 0.717) is 11.5 Å². The Labute approximate surface area is 104 Å². The van der Waals surface area contributed by atoms with Crippen LogP contribution in [-0.4, -0.2) is 10.1 Å². The Balaban J connectivity index is 2.31. The molecular formula is C14H12N2O2. The third kappa shape index (κ3) is 1.63. The molecule has 4 nitrogen and oxygen atoms in total. The van der Waals surface area contributed by atoms with Crippen molar-refractivity contribution < 1.29 is 9.52 Å². The Morgan fingerprint density at radius 3 is 2.72 bits per heavy atom. The van der Waals surface area contributed by atoms with Gasteiger partial charge in [-0.2, -0.15) is 4.98 Å². The lowest BCUT2D eigenvalue weighted by Crippen LogP contribution is -1.88. The van der Waals surface area contributed by atoms with Gasteiger partial charge in [0.1, 0.15) is 5.69 Å². The minimum atomic E-state index is -0.195. The van der Waals surface area contributed by atoms with Crippen molar-refractivity contribution in [2.45, 2.75) is 6.61 Å². The highest BCUT2D eigenvalue weighted by atomic mass is 16.4. The van der Waals surface area contributed by atoms with Crippen LogP contribution in [0.25, 0.3) is 22.1 Å². The average Bonchev–Trinajstić information content (AvgIpc) is 2.79. The van der Waals surface area contributed by atoms with Crippen LogP contribution in [0, 0.1) is 0 Å². The molecule has 0 spiro atoms. The van der Waals surface area contributed by atoms with E-state index in [1.165, 1.54) is 0 Å². The van der Waals surface area contributed by atoms with E-state index in [2.05, 4.69) is 4.98 Å². The molecule has 0 aliphatic heterocycles. The quantitative estimate of drug-likeness (QED) is 0.722. The van der Waals surface area contributed by atoms with Crippen LogP contribution in [0.2, 0.25) is 0 Å². The molecule has 3 N–H and O–H groups in total. The van der Waals surface area contributed by atoms with Crippen LogP contribution in [0.15, 0.2) is 46.9 Å². The van der Waals surface area contributed by atoms with Crippen LogP contribution in [0.5, 0.6) is 0 Å². The fraction of sp³-hybridized carbons (Fsp3) is 0.0714. The van der Waals surface area contributed by atoms with Crippen molar-refractivity contribution in [3.05, 3.63) is 48.2 Å². The van der Waals surface area contributed by atoms with Crippen LogP contribution in [0.1, 0.15) is 5.69 Å². The highest BCUT2D eigenvalue weighted by Crippen LogP contribution is 2.32. The summed E-state index contributed by atoms with van der Waals surface area (Å²) in [5.74, 6) is 0.534. The molecule has 0 atom stereocenters. The molecule has 0 saturated heterocycles. The number of oxazole rings is 1. The number of anilines is 1. The van der Waals surface area contributed by atoms with Crippen LogP contribution < -0.4 is 5.73 Å². The van der Waals surface area contributed by atoms with Gasteiger partial charge in [0, 0.05) is 5.56 Å². The SMILES string of the molecule is Nc1nc(CO)c(-c2cccc3ccccc23)o1. The van der Waals surface area contributed by atoms with E-state index in [1.807, 2.05) is 42.5 Å². The highest BCUT2D eigenvalue weighted by Gasteiger charge is 2.14. The summed E-state index contributed by atoms with van der Waals surface area (Å²) in [6.07, 6.45) is 0. The molecular weight excluding hydrogens is 228 g/mol. The first-order valence-electron chi connectivity index (χ1n) is 5.64. The molecule has 2 aromatic carbocycles. The molecule has 4 heteroatoms. The zero-order valence-corrected chi connectivity index (χ0v) is 9.63. The highest BCUT2D eigenvalue weighted by molar-refractivity contribution is 5.95. The van der Waals surface area contributed by atoms with Gasteiger partial charge in [0.2, 0.25) is 0 Å². The van der Waals surface area contributed by atoms with Crippen LogP contribution >= 0.6 is 0 Å². The number of benzene rings is 2. The molecule has 0 unspecified atom stereocenters. The van der Waals surface area contributed by atoms with E-state index in [-0.39, 0.29) is 12.6 Å². The molecule has 18 heavy (non-hydrogen) atoms. The van der Waals surface area contributed by atoms with Crippen LogP contribution in [-0.2, 0) is 6.61 Å². The lowest BCUT2D eigenvalue weighted by Gasteiger charge is -2.04. The second-order valence-corrected chi connectivity index (χ2v) is 4.01. The van der Waals surface area contributed by atoms with E-state index < -0.39 is 0 Å². The largest absolute Gasteiger partial charge is 0.423 e. The van der Waals surface area contributed by atoms with Gasteiger partial charge in [-0.25, -0.2) is 0 Å². The van der Waals surface area contributed by atoms with E-state index in [1.54, 1.807) is 0 Å². The number of hydrogen-bond donors (Lipinski definition) is 2. The molecule has 1 heterocycles. The average molecular weight is 240 g/mol. The summed E-state index contributed by atoms with van der Waals surface area (Å²) in [5, 5.41) is 11.4. The normalized spacial score (nSPS) is 10.9. The molecule has 0 bridgehead atoms. The standard InChI is InChI=1S/C14H12N2O2/c15-14-16-12(8-17)13(18-14)11-7-3-5-9-4-1-2-6-10(9)11/h1-7,17H,8H2,(H2,15,16). The second-order valence-electron chi connectivity index (χ2n) is 4.01. The number of aliphatic hydroxyl groups excluding tert-OH is 1. The monoisotopic (exact) mass is 240 g/mol. The topological polar surface area (TPSA) is 72.3 Å². The predicted molar refractivity (Wildman–Crippen MR) is 69.8 cm³/mol. The molecule has 1 aromatic heterocycles. The Bertz CT molecular complexity index is 699. The molecule has 0 aliphatic carbocycles. The number of nitrogen functional groups attached to an aromatic ring is 1. The first-order chi connectivity index (χ1) is 8.79. The lowest BCUT2D eigenvalue weighted by molar-refractivity contribution is 0.277. The third-order valence-electron chi connectivity index (χ3n) is 2.90. The van der Waals surface area contributed by atoms with Crippen molar-refractivity contribution in [2.24, 2.45) is 0 Å². The Kier molecular flexibility index (Phi) is 2.50.